The molecule has 1 amide bonds. The molecule has 0 unspecified atom stereocenters. The quantitative estimate of drug-likeness (QED) is 0.547. The molecule has 0 aliphatic heterocycles. The van der Waals surface area contributed by atoms with E-state index in [9.17, 15) is 9.18 Å². The number of carbonyl (C=O) groups excluding carboxylic acids is 1. The van der Waals surface area contributed by atoms with Crippen molar-refractivity contribution in [2.75, 3.05) is 25.5 Å². The first kappa shape index (κ1) is 18.9. The summed E-state index contributed by atoms with van der Waals surface area (Å²) in [7, 11) is 1.66. The number of guanidine groups is 1. The molecule has 0 fully saturated rings. The van der Waals surface area contributed by atoms with Gasteiger partial charge in [0.2, 0.25) is 5.91 Å². The SMILES string of the molecule is CN=C(NCC(=O)Nc1ccc(F)cc1)NCC(C)(C)c1cccs1. The Kier molecular flexibility index (Phi) is 6.52. The van der Waals surface area contributed by atoms with Crippen LogP contribution in [0.4, 0.5) is 10.1 Å². The number of carbonyl (C=O) groups is 1. The molecule has 1 aromatic heterocycles. The third-order valence-electron chi connectivity index (χ3n) is 3.65. The lowest BCUT2D eigenvalue weighted by Crippen LogP contribution is -2.45. The van der Waals surface area contributed by atoms with E-state index < -0.39 is 0 Å². The first-order valence-corrected chi connectivity index (χ1v) is 8.82. The molecule has 0 aliphatic carbocycles. The molecule has 0 saturated heterocycles. The van der Waals surface area contributed by atoms with Crippen molar-refractivity contribution in [1.29, 1.82) is 0 Å². The number of nitrogens with one attached hydrogen (secondary N) is 3. The summed E-state index contributed by atoms with van der Waals surface area (Å²) in [4.78, 5) is 17.4. The third kappa shape index (κ3) is 5.86. The predicted octanol–water partition coefficient (Wildman–Crippen LogP) is 2.97. The summed E-state index contributed by atoms with van der Waals surface area (Å²) in [5.74, 6) is -0.0138. The Bertz CT molecular complexity index is 711. The van der Waals surface area contributed by atoms with Gasteiger partial charge in [-0.1, -0.05) is 19.9 Å². The Morgan fingerprint density at radius 1 is 1.20 bits per heavy atom. The number of halogens is 1. The van der Waals surface area contributed by atoms with Crippen LogP contribution in [-0.4, -0.2) is 32.0 Å². The van der Waals surface area contributed by atoms with E-state index in [1.54, 1.807) is 18.4 Å². The second kappa shape index (κ2) is 8.62. The summed E-state index contributed by atoms with van der Waals surface area (Å²) in [6.45, 7) is 5.06. The fraction of sp³-hybridized carbons (Fsp3) is 0.333. The predicted molar refractivity (Wildman–Crippen MR) is 102 cm³/mol. The van der Waals surface area contributed by atoms with Gasteiger partial charge in [-0.25, -0.2) is 4.39 Å². The van der Waals surface area contributed by atoms with Crippen LogP contribution >= 0.6 is 11.3 Å². The van der Waals surface area contributed by atoms with Crippen molar-refractivity contribution in [3.63, 3.8) is 0 Å². The minimum atomic E-state index is -0.339. The normalized spacial score (nSPS) is 11.9. The molecule has 0 aliphatic rings. The molecule has 3 N–H and O–H groups in total. The average Bonchev–Trinajstić information content (AvgIpc) is 3.12. The number of hydrogen-bond acceptors (Lipinski definition) is 3. The fourth-order valence-corrected chi connectivity index (χ4v) is 3.03. The number of nitrogens with zero attached hydrogens (tertiary/aromatic N) is 1. The maximum atomic E-state index is 12.9. The van der Waals surface area contributed by atoms with E-state index in [0.717, 1.165) is 0 Å². The summed E-state index contributed by atoms with van der Waals surface area (Å²) >= 11 is 1.72. The van der Waals surface area contributed by atoms with Crippen molar-refractivity contribution >= 4 is 28.9 Å². The number of aliphatic imine (C=N–C) groups is 1. The molecule has 7 heteroatoms. The molecule has 0 bridgehead atoms. The van der Waals surface area contributed by atoms with Gasteiger partial charge in [0, 0.05) is 29.6 Å². The van der Waals surface area contributed by atoms with Crippen molar-refractivity contribution < 1.29 is 9.18 Å². The van der Waals surface area contributed by atoms with Gasteiger partial charge in [0.05, 0.1) is 6.54 Å². The topological polar surface area (TPSA) is 65.5 Å². The number of rotatable bonds is 6. The van der Waals surface area contributed by atoms with Crippen LogP contribution in [0.15, 0.2) is 46.8 Å². The van der Waals surface area contributed by atoms with Crippen LogP contribution in [0.3, 0.4) is 0 Å². The second-order valence-corrected chi connectivity index (χ2v) is 7.14. The molecule has 0 atom stereocenters. The van der Waals surface area contributed by atoms with Crippen LogP contribution in [0, 0.1) is 5.82 Å². The molecular weight excluding hydrogens is 339 g/mol. The minimum absolute atomic E-state index is 0.0395. The third-order valence-corrected chi connectivity index (χ3v) is 4.89. The zero-order valence-corrected chi connectivity index (χ0v) is 15.4. The standard InChI is InChI=1S/C18H23FN4OS/c1-18(2,15-5-4-10-25-15)12-22-17(20-3)21-11-16(24)23-14-8-6-13(19)7-9-14/h4-10H,11-12H2,1-3H3,(H,23,24)(H2,20,21,22). The Labute approximate surface area is 151 Å². The summed E-state index contributed by atoms with van der Waals surface area (Å²) in [6.07, 6.45) is 0. The van der Waals surface area contributed by atoms with Crippen LogP contribution in [0.5, 0.6) is 0 Å². The van der Waals surface area contributed by atoms with Gasteiger partial charge in [0.1, 0.15) is 5.82 Å². The van der Waals surface area contributed by atoms with Crippen LogP contribution in [0.1, 0.15) is 18.7 Å². The second-order valence-electron chi connectivity index (χ2n) is 6.20. The van der Waals surface area contributed by atoms with E-state index in [1.807, 2.05) is 6.07 Å². The highest BCUT2D eigenvalue weighted by molar-refractivity contribution is 7.10. The van der Waals surface area contributed by atoms with Gasteiger partial charge < -0.3 is 16.0 Å². The number of hydrogen-bond donors (Lipinski definition) is 3. The zero-order chi connectivity index (χ0) is 18.3. The Balaban J connectivity index is 1.80. The van der Waals surface area contributed by atoms with E-state index in [4.69, 9.17) is 0 Å². The molecule has 25 heavy (non-hydrogen) atoms. The molecule has 5 nitrogen and oxygen atoms in total. The largest absolute Gasteiger partial charge is 0.356 e. The maximum absolute atomic E-state index is 12.9. The molecule has 1 aromatic carbocycles. The highest BCUT2D eigenvalue weighted by atomic mass is 32.1. The molecule has 0 radical (unpaired) electrons. The van der Waals surface area contributed by atoms with Crippen LogP contribution < -0.4 is 16.0 Å². The van der Waals surface area contributed by atoms with Gasteiger partial charge in [-0.15, -0.1) is 11.3 Å². The monoisotopic (exact) mass is 362 g/mol. The molecule has 134 valence electrons. The van der Waals surface area contributed by atoms with Gasteiger partial charge in [0.15, 0.2) is 5.96 Å². The van der Waals surface area contributed by atoms with E-state index in [2.05, 4.69) is 46.2 Å². The molecular formula is C18H23FN4OS. The van der Waals surface area contributed by atoms with Crippen LogP contribution in [-0.2, 0) is 10.2 Å². The van der Waals surface area contributed by atoms with Crippen molar-refractivity contribution in [3.05, 3.63) is 52.5 Å². The minimum Gasteiger partial charge on any atom is -0.356 e. The maximum Gasteiger partial charge on any atom is 0.243 e. The molecule has 0 saturated carbocycles. The lowest BCUT2D eigenvalue weighted by molar-refractivity contribution is -0.115. The zero-order valence-electron chi connectivity index (χ0n) is 14.6. The van der Waals surface area contributed by atoms with E-state index in [0.29, 0.717) is 18.2 Å². The summed E-state index contributed by atoms with van der Waals surface area (Å²) in [5, 5.41) is 11.0. The van der Waals surface area contributed by atoms with Crippen molar-refractivity contribution in [2.45, 2.75) is 19.3 Å². The lowest BCUT2D eigenvalue weighted by atomic mass is 9.91. The molecule has 0 spiro atoms. The fourth-order valence-electron chi connectivity index (χ4n) is 2.18. The highest BCUT2D eigenvalue weighted by Gasteiger charge is 2.22. The van der Waals surface area contributed by atoms with E-state index in [1.165, 1.54) is 29.1 Å². The summed E-state index contributed by atoms with van der Waals surface area (Å²) in [6, 6.07) is 9.79. The van der Waals surface area contributed by atoms with E-state index in [-0.39, 0.29) is 23.7 Å². The van der Waals surface area contributed by atoms with Gasteiger partial charge >= 0.3 is 0 Å². The van der Waals surface area contributed by atoms with Gasteiger partial charge in [-0.3, -0.25) is 9.79 Å². The smallest absolute Gasteiger partial charge is 0.243 e. The lowest BCUT2D eigenvalue weighted by Gasteiger charge is -2.25. The summed E-state index contributed by atoms with van der Waals surface area (Å²) in [5.41, 5.74) is 0.511. The Morgan fingerprint density at radius 3 is 2.52 bits per heavy atom. The van der Waals surface area contributed by atoms with Crippen LogP contribution in [0.25, 0.3) is 0 Å². The van der Waals surface area contributed by atoms with Crippen molar-refractivity contribution in [3.8, 4) is 0 Å². The molecule has 2 aromatic rings. The Morgan fingerprint density at radius 2 is 1.92 bits per heavy atom. The number of anilines is 1. The number of amides is 1. The van der Waals surface area contributed by atoms with Gasteiger partial charge in [-0.2, -0.15) is 0 Å². The highest BCUT2D eigenvalue weighted by Crippen LogP contribution is 2.26. The first-order chi connectivity index (χ1) is 11.9. The number of benzene rings is 1. The summed E-state index contributed by atoms with van der Waals surface area (Å²) < 4.78 is 12.9. The van der Waals surface area contributed by atoms with Gasteiger partial charge in [0.25, 0.3) is 0 Å². The molecule has 1 heterocycles. The van der Waals surface area contributed by atoms with E-state index >= 15 is 0 Å². The van der Waals surface area contributed by atoms with Crippen LogP contribution in [0.2, 0.25) is 0 Å². The molecule has 2 rings (SSSR count). The van der Waals surface area contributed by atoms with Crippen molar-refractivity contribution in [1.82, 2.24) is 10.6 Å². The first-order valence-electron chi connectivity index (χ1n) is 7.94. The average molecular weight is 362 g/mol. The Hall–Kier alpha value is -2.41. The number of thiophene rings is 1. The van der Waals surface area contributed by atoms with Crippen molar-refractivity contribution in [2.24, 2.45) is 4.99 Å². The van der Waals surface area contributed by atoms with Gasteiger partial charge in [-0.05, 0) is 35.7 Å².